The zero-order chi connectivity index (χ0) is 26.5. The maximum absolute atomic E-state index is 12.9. The Morgan fingerprint density at radius 1 is 1.22 bits per heavy atom. The van der Waals surface area contributed by atoms with Gasteiger partial charge in [0.25, 0.3) is 5.91 Å². The molecule has 9 heteroatoms. The molecule has 37 heavy (non-hydrogen) atoms. The molecule has 1 unspecified atom stereocenters. The maximum atomic E-state index is 12.9. The molecule has 1 amide bonds. The molecule has 2 bridgehead atoms. The van der Waals surface area contributed by atoms with Crippen LogP contribution in [0.2, 0.25) is 0 Å². The van der Waals surface area contributed by atoms with E-state index in [0.717, 1.165) is 30.4 Å². The third-order valence-corrected chi connectivity index (χ3v) is 7.85. The van der Waals surface area contributed by atoms with Gasteiger partial charge in [-0.15, -0.1) is 0 Å². The number of nitriles is 1. The van der Waals surface area contributed by atoms with E-state index in [0.29, 0.717) is 11.3 Å². The van der Waals surface area contributed by atoms with E-state index in [1.165, 1.54) is 6.20 Å². The second kappa shape index (κ2) is 8.92. The Morgan fingerprint density at radius 2 is 1.92 bits per heavy atom. The van der Waals surface area contributed by atoms with Crippen molar-refractivity contribution >= 4 is 17.2 Å². The second-order valence-electron chi connectivity index (χ2n) is 11.3. The van der Waals surface area contributed by atoms with Crippen LogP contribution < -0.4 is 5.32 Å². The maximum Gasteiger partial charge on any atom is 0.291 e. The van der Waals surface area contributed by atoms with Gasteiger partial charge in [-0.25, -0.2) is 4.98 Å². The Balaban J connectivity index is 1.53. The average Bonchev–Trinajstić information content (AvgIpc) is 3.48. The lowest BCUT2D eigenvalue weighted by Gasteiger charge is -2.47. The van der Waals surface area contributed by atoms with Crippen molar-refractivity contribution in [2.45, 2.75) is 62.8 Å². The molecule has 3 atom stereocenters. The van der Waals surface area contributed by atoms with Gasteiger partial charge in [-0.05, 0) is 47.9 Å². The number of amides is 1. The lowest BCUT2D eigenvalue weighted by molar-refractivity contribution is -0.220. The van der Waals surface area contributed by atoms with E-state index in [1.807, 2.05) is 12.1 Å². The zero-order valence-corrected chi connectivity index (χ0v) is 21.0. The first-order chi connectivity index (χ1) is 17.5. The molecule has 0 radical (unpaired) electrons. The topological polar surface area (TPSA) is 151 Å². The number of rotatable bonds is 6. The molecule has 3 heterocycles. The number of hydrogen-bond donors (Lipinski definition) is 5. The number of aromatic amines is 1. The number of ether oxygens (including phenoxy) is 1. The van der Waals surface area contributed by atoms with E-state index >= 15 is 0 Å². The van der Waals surface area contributed by atoms with E-state index < -0.39 is 22.7 Å². The first-order valence-electron chi connectivity index (χ1n) is 12.5. The largest absolute Gasteiger partial charge is 0.393 e. The molecule has 5 N–H and O–H groups in total. The third-order valence-electron chi connectivity index (χ3n) is 7.85. The van der Waals surface area contributed by atoms with Gasteiger partial charge in [-0.2, -0.15) is 5.26 Å². The number of fused-ring (bicyclic) bond motifs is 2. The van der Waals surface area contributed by atoms with Gasteiger partial charge in [-0.3, -0.25) is 4.79 Å². The van der Waals surface area contributed by atoms with Crippen LogP contribution in [0, 0.1) is 16.7 Å². The lowest BCUT2D eigenvalue weighted by Crippen LogP contribution is -2.55. The Hall–Kier alpha value is -3.29. The summed E-state index contributed by atoms with van der Waals surface area (Å²) < 4.78 is 6.02. The Labute approximate surface area is 215 Å². The number of hydrogen-bond acceptors (Lipinski definition) is 7. The number of carbonyl (C=O) groups is 1. The van der Waals surface area contributed by atoms with Crippen LogP contribution in [0.5, 0.6) is 0 Å². The van der Waals surface area contributed by atoms with Gasteiger partial charge in [0.1, 0.15) is 23.0 Å². The summed E-state index contributed by atoms with van der Waals surface area (Å²) >= 11 is 0. The quantitative estimate of drug-likeness (QED) is 0.379. The minimum absolute atomic E-state index is 0.0332. The molecule has 1 fully saturated rings. The van der Waals surface area contributed by atoms with E-state index in [-0.39, 0.29) is 43.0 Å². The molecular formula is C28H32N4O5. The second-order valence-corrected chi connectivity index (χ2v) is 11.3. The van der Waals surface area contributed by atoms with Crippen molar-refractivity contribution in [3.05, 3.63) is 65.3 Å². The van der Waals surface area contributed by atoms with Gasteiger partial charge in [0.05, 0.1) is 25.0 Å². The number of benzene rings is 1. The van der Waals surface area contributed by atoms with Gasteiger partial charge in [0.15, 0.2) is 5.82 Å². The van der Waals surface area contributed by atoms with Crippen LogP contribution in [0.4, 0.5) is 5.69 Å². The molecule has 2 aliphatic heterocycles. The van der Waals surface area contributed by atoms with Crippen LogP contribution in [0.1, 0.15) is 73.4 Å². The predicted molar refractivity (Wildman–Crippen MR) is 136 cm³/mol. The van der Waals surface area contributed by atoms with Gasteiger partial charge >= 0.3 is 0 Å². The fourth-order valence-corrected chi connectivity index (χ4v) is 5.71. The standard InChI is InChI=1S/C28H32N4O5/c1-25(2)7-5-18(6-8-25)21-11-19(3-4-22(21)32-24(35)23-30-13-20(12-29)31-23)28(36)14-26(16-33)9-10-27(15-28,17-34)37-26/h3-5,9-11,13,33-34,36H,6-8,14-17H2,1-2H3,(H,30,31)(H,32,35)/t26-,27+,28?. The molecule has 2 aromatic rings. The first-order valence-corrected chi connectivity index (χ1v) is 12.5. The van der Waals surface area contributed by atoms with E-state index in [4.69, 9.17) is 10.00 Å². The molecule has 1 aromatic carbocycles. The number of H-pyrrole nitrogens is 1. The van der Waals surface area contributed by atoms with Crippen LogP contribution >= 0.6 is 0 Å². The molecule has 194 valence electrons. The minimum Gasteiger partial charge on any atom is -0.393 e. The fourth-order valence-electron chi connectivity index (χ4n) is 5.71. The number of allylic oxidation sites excluding steroid dienone is 2. The molecule has 1 aliphatic carbocycles. The number of aliphatic hydroxyl groups excluding tert-OH is 2. The molecule has 3 aliphatic rings. The van der Waals surface area contributed by atoms with E-state index in [2.05, 4.69) is 35.2 Å². The molecular weight excluding hydrogens is 472 g/mol. The van der Waals surface area contributed by atoms with Crippen LogP contribution in [0.3, 0.4) is 0 Å². The van der Waals surface area contributed by atoms with Gasteiger partial charge in [-0.1, -0.05) is 38.1 Å². The highest BCUT2D eigenvalue weighted by Crippen LogP contribution is 2.52. The van der Waals surface area contributed by atoms with Crippen molar-refractivity contribution in [3.8, 4) is 6.07 Å². The van der Waals surface area contributed by atoms with Crippen molar-refractivity contribution < 1.29 is 24.9 Å². The summed E-state index contributed by atoms with van der Waals surface area (Å²) in [4.78, 5) is 19.6. The number of nitrogens with zero attached hydrogens (tertiary/aromatic N) is 2. The summed E-state index contributed by atoms with van der Waals surface area (Å²) in [7, 11) is 0. The number of anilines is 1. The monoisotopic (exact) mass is 504 g/mol. The fraction of sp³-hybridized carbons (Fsp3) is 0.464. The Bertz CT molecular complexity index is 1310. The van der Waals surface area contributed by atoms with Crippen LogP contribution in [-0.4, -0.2) is 55.6 Å². The van der Waals surface area contributed by atoms with Crippen molar-refractivity contribution in [2.75, 3.05) is 18.5 Å². The van der Waals surface area contributed by atoms with Gasteiger partial charge in [0.2, 0.25) is 0 Å². The summed E-state index contributed by atoms with van der Waals surface area (Å²) in [6.45, 7) is 3.81. The van der Waals surface area contributed by atoms with Crippen molar-refractivity contribution in [1.82, 2.24) is 9.97 Å². The Morgan fingerprint density at radius 3 is 2.49 bits per heavy atom. The van der Waals surface area contributed by atoms with Crippen LogP contribution in [-0.2, 0) is 10.3 Å². The summed E-state index contributed by atoms with van der Waals surface area (Å²) in [6, 6.07) is 7.34. The number of imidazole rings is 1. The number of aliphatic hydroxyl groups is 3. The number of nitrogens with one attached hydrogen (secondary N) is 2. The molecule has 0 spiro atoms. The number of carbonyl (C=O) groups excluding carboxylic acids is 1. The smallest absolute Gasteiger partial charge is 0.291 e. The SMILES string of the molecule is CC1(C)CC=C(c2cc(C3(O)C[C@@]4(CO)C=C[C@@](CO)(C3)O4)ccc2NC(=O)c2ncc(C#N)[nH]2)CC1. The first kappa shape index (κ1) is 25.4. The van der Waals surface area contributed by atoms with Crippen molar-refractivity contribution in [1.29, 1.82) is 5.26 Å². The van der Waals surface area contributed by atoms with Crippen LogP contribution in [0.15, 0.2) is 42.6 Å². The van der Waals surface area contributed by atoms with Crippen molar-refractivity contribution in [2.24, 2.45) is 5.41 Å². The summed E-state index contributed by atoms with van der Waals surface area (Å²) in [5.74, 6) is -0.441. The zero-order valence-electron chi connectivity index (χ0n) is 21.0. The lowest BCUT2D eigenvalue weighted by atomic mass is 9.73. The Kier molecular flexibility index (Phi) is 6.12. The van der Waals surface area contributed by atoms with Crippen LogP contribution in [0.25, 0.3) is 5.57 Å². The normalized spacial score (nSPS) is 30.0. The molecule has 0 saturated carbocycles. The average molecular weight is 505 g/mol. The third kappa shape index (κ3) is 4.62. The number of aromatic nitrogens is 2. The minimum atomic E-state index is -1.37. The highest BCUT2D eigenvalue weighted by Gasteiger charge is 2.57. The highest BCUT2D eigenvalue weighted by molar-refractivity contribution is 6.03. The highest BCUT2D eigenvalue weighted by atomic mass is 16.6. The summed E-state index contributed by atoms with van der Waals surface area (Å²) in [6.07, 6.45) is 9.90. The van der Waals surface area contributed by atoms with E-state index in [1.54, 1.807) is 24.3 Å². The van der Waals surface area contributed by atoms with Gasteiger partial charge in [0, 0.05) is 24.1 Å². The summed E-state index contributed by atoms with van der Waals surface area (Å²) in [5, 5.41) is 44.0. The molecule has 1 saturated heterocycles. The van der Waals surface area contributed by atoms with Gasteiger partial charge < -0.3 is 30.4 Å². The molecule has 9 nitrogen and oxygen atoms in total. The predicted octanol–water partition coefficient (Wildman–Crippen LogP) is 3.16. The summed E-state index contributed by atoms with van der Waals surface area (Å²) in [5.41, 5.74) is -0.0940. The van der Waals surface area contributed by atoms with E-state index in [9.17, 15) is 20.1 Å². The van der Waals surface area contributed by atoms with Crippen molar-refractivity contribution in [3.63, 3.8) is 0 Å². The molecule has 5 rings (SSSR count). The molecule has 1 aromatic heterocycles.